The third-order valence-corrected chi connectivity index (χ3v) is 3.52. The van der Waals surface area contributed by atoms with Gasteiger partial charge in [0.25, 0.3) is 0 Å². The van der Waals surface area contributed by atoms with Crippen molar-refractivity contribution in [2.75, 3.05) is 0 Å². The molecule has 110 valence electrons. The monoisotopic (exact) mass is 269 g/mol. The average molecular weight is 269 g/mol. The number of ether oxygens (including phenoxy) is 1. The Morgan fingerprint density at radius 2 is 1.89 bits per heavy atom. The van der Waals surface area contributed by atoms with Crippen LogP contribution >= 0.6 is 0 Å². The van der Waals surface area contributed by atoms with E-state index in [2.05, 4.69) is 0 Å². The number of amides is 1. The lowest BCUT2D eigenvalue weighted by Crippen LogP contribution is -2.42. The van der Waals surface area contributed by atoms with Gasteiger partial charge in [0.15, 0.2) is 0 Å². The molecule has 0 radical (unpaired) electrons. The lowest BCUT2D eigenvalue weighted by Gasteiger charge is -2.31. The van der Waals surface area contributed by atoms with Crippen molar-refractivity contribution >= 4 is 6.09 Å². The van der Waals surface area contributed by atoms with Crippen LogP contribution in [-0.2, 0) is 4.74 Å². The van der Waals surface area contributed by atoms with Crippen LogP contribution in [-0.4, -0.2) is 34.3 Å². The smallest absolute Gasteiger partial charge is 0.415 e. The fourth-order valence-corrected chi connectivity index (χ4v) is 2.57. The van der Waals surface area contributed by atoms with E-state index in [0.717, 1.165) is 19.3 Å². The Bertz CT molecular complexity index is 326. The molecule has 0 spiro atoms. The third kappa shape index (κ3) is 4.53. The van der Waals surface area contributed by atoms with E-state index < -0.39 is 0 Å². The zero-order valence-electron chi connectivity index (χ0n) is 12.7. The van der Waals surface area contributed by atoms with E-state index >= 15 is 0 Å². The first-order valence-electron chi connectivity index (χ1n) is 7.21. The zero-order valence-corrected chi connectivity index (χ0v) is 12.7. The molecule has 1 N–H and O–H groups in total. The van der Waals surface area contributed by atoms with Crippen molar-refractivity contribution in [3.8, 4) is 0 Å². The van der Waals surface area contributed by atoms with Gasteiger partial charge in [0, 0.05) is 24.4 Å². The number of carbonyl (C=O) groups is 1. The molecule has 4 nitrogen and oxygen atoms in total. The van der Waals surface area contributed by atoms with Gasteiger partial charge in [-0.2, -0.15) is 0 Å². The fourth-order valence-electron chi connectivity index (χ4n) is 2.57. The van der Waals surface area contributed by atoms with E-state index in [9.17, 15) is 9.90 Å². The molecular formula is C15H27NO3. The summed E-state index contributed by atoms with van der Waals surface area (Å²) in [5, 5.41) is 9.62. The number of rotatable bonds is 4. The molecular weight excluding hydrogens is 242 g/mol. The number of nitrogens with zero attached hydrogens (tertiary/aromatic N) is 1. The van der Waals surface area contributed by atoms with E-state index in [1.165, 1.54) is 0 Å². The highest BCUT2D eigenvalue weighted by Gasteiger charge is 2.25. The van der Waals surface area contributed by atoms with Crippen LogP contribution in [0.2, 0.25) is 0 Å². The normalized spacial score (nSPS) is 21.3. The van der Waals surface area contributed by atoms with E-state index in [4.69, 9.17) is 4.74 Å². The average Bonchev–Trinajstić information content (AvgIpc) is 2.27. The molecule has 0 aromatic rings. The molecule has 1 rings (SSSR count). The van der Waals surface area contributed by atoms with Gasteiger partial charge in [-0.15, -0.1) is 0 Å². The van der Waals surface area contributed by atoms with Gasteiger partial charge >= 0.3 is 6.09 Å². The molecule has 0 saturated heterocycles. The molecule has 19 heavy (non-hydrogen) atoms. The topological polar surface area (TPSA) is 49.8 Å². The van der Waals surface area contributed by atoms with Crippen LogP contribution in [0.25, 0.3) is 0 Å². The van der Waals surface area contributed by atoms with Crippen LogP contribution in [0.3, 0.4) is 0 Å². The van der Waals surface area contributed by atoms with Crippen LogP contribution in [0, 0.1) is 5.92 Å². The van der Waals surface area contributed by atoms with Gasteiger partial charge in [0.2, 0.25) is 0 Å². The number of aliphatic hydroxyl groups is 1. The molecule has 1 aliphatic carbocycles. The maximum atomic E-state index is 12.2. The summed E-state index contributed by atoms with van der Waals surface area (Å²) >= 11 is 0. The molecule has 2 atom stereocenters. The molecule has 1 aliphatic rings. The number of allylic oxidation sites excluding steroid dienone is 1. The van der Waals surface area contributed by atoms with Crippen molar-refractivity contribution in [1.29, 1.82) is 0 Å². The van der Waals surface area contributed by atoms with E-state index in [1.807, 2.05) is 33.8 Å². The summed E-state index contributed by atoms with van der Waals surface area (Å²) in [6.07, 6.45) is 3.92. The van der Waals surface area contributed by atoms with Crippen LogP contribution in [0.4, 0.5) is 4.79 Å². The summed E-state index contributed by atoms with van der Waals surface area (Å²) in [6, 6.07) is 0.230. The largest absolute Gasteiger partial charge is 0.415 e. The second-order valence-corrected chi connectivity index (χ2v) is 5.89. The Hall–Kier alpha value is -1.03. The van der Waals surface area contributed by atoms with Crippen LogP contribution in [0.5, 0.6) is 0 Å². The first kappa shape index (κ1) is 16.0. The highest BCUT2D eigenvalue weighted by molar-refractivity contribution is 5.69. The van der Waals surface area contributed by atoms with Gasteiger partial charge in [-0.25, -0.2) is 4.79 Å². The SMILES string of the molecule is CC(C)N(C(=O)OC1=C[C@H]([C@@H](C)O)CCC1)C(C)C. The fraction of sp³-hybridized carbons (Fsp3) is 0.800. The van der Waals surface area contributed by atoms with Crippen LogP contribution in [0.15, 0.2) is 11.8 Å². The first-order chi connectivity index (χ1) is 8.82. The Morgan fingerprint density at radius 3 is 2.37 bits per heavy atom. The molecule has 4 heteroatoms. The van der Waals surface area contributed by atoms with Crippen molar-refractivity contribution in [2.45, 2.75) is 72.1 Å². The number of hydrogen-bond acceptors (Lipinski definition) is 3. The van der Waals surface area contributed by atoms with Gasteiger partial charge < -0.3 is 14.7 Å². The van der Waals surface area contributed by atoms with Gasteiger partial charge in [-0.3, -0.25) is 0 Å². The predicted octanol–water partition coefficient (Wildman–Crippen LogP) is 3.31. The standard InChI is InChI=1S/C15H27NO3/c1-10(2)16(11(3)4)15(18)19-14-8-6-7-13(9-14)12(5)17/h9-13,17H,6-8H2,1-5H3/t12-,13-/m1/s1. The Balaban J connectivity index is 2.70. The summed E-state index contributed by atoms with van der Waals surface area (Å²) in [5.74, 6) is 0.802. The van der Waals surface area contributed by atoms with Crippen LogP contribution in [0.1, 0.15) is 53.9 Å². The summed E-state index contributed by atoms with van der Waals surface area (Å²) < 4.78 is 5.49. The highest BCUT2D eigenvalue weighted by Crippen LogP contribution is 2.26. The van der Waals surface area contributed by atoms with Crippen molar-refractivity contribution in [2.24, 2.45) is 5.92 Å². The molecule has 0 bridgehead atoms. The second kappa shape index (κ2) is 6.94. The zero-order chi connectivity index (χ0) is 14.6. The molecule has 0 aliphatic heterocycles. The maximum absolute atomic E-state index is 12.2. The lowest BCUT2D eigenvalue weighted by atomic mass is 9.91. The predicted molar refractivity (Wildman–Crippen MR) is 75.7 cm³/mol. The van der Waals surface area contributed by atoms with Crippen molar-refractivity contribution in [3.05, 3.63) is 11.8 Å². The summed E-state index contributed by atoms with van der Waals surface area (Å²) in [4.78, 5) is 13.9. The number of carbonyl (C=O) groups excluding carboxylic acids is 1. The Morgan fingerprint density at radius 1 is 1.32 bits per heavy atom. The highest BCUT2D eigenvalue weighted by atomic mass is 16.6. The molecule has 0 aromatic heterocycles. The lowest BCUT2D eigenvalue weighted by molar-refractivity contribution is 0.0917. The summed E-state index contributed by atoms with van der Waals surface area (Å²) in [7, 11) is 0. The van der Waals surface area contributed by atoms with E-state index in [-0.39, 0.29) is 30.2 Å². The Labute approximate surface area is 116 Å². The maximum Gasteiger partial charge on any atom is 0.415 e. The molecule has 0 fully saturated rings. The van der Waals surface area contributed by atoms with Gasteiger partial charge in [-0.1, -0.05) is 0 Å². The second-order valence-electron chi connectivity index (χ2n) is 5.89. The first-order valence-corrected chi connectivity index (χ1v) is 7.21. The minimum absolute atomic E-state index is 0.100. The van der Waals surface area contributed by atoms with Gasteiger partial charge in [0.1, 0.15) is 5.76 Å². The van der Waals surface area contributed by atoms with E-state index in [1.54, 1.807) is 11.8 Å². The molecule has 0 heterocycles. The minimum atomic E-state index is -0.389. The number of aliphatic hydroxyl groups excluding tert-OH is 1. The van der Waals surface area contributed by atoms with Gasteiger partial charge in [-0.05, 0) is 53.5 Å². The molecule has 0 unspecified atom stereocenters. The van der Waals surface area contributed by atoms with Crippen molar-refractivity contribution in [1.82, 2.24) is 4.90 Å². The van der Waals surface area contributed by atoms with Gasteiger partial charge in [0.05, 0.1) is 6.10 Å². The summed E-state index contributed by atoms with van der Waals surface area (Å²) in [5.41, 5.74) is 0. The molecule has 1 amide bonds. The molecule has 0 saturated carbocycles. The van der Waals surface area contributed by atoms with Crippen LogP contribution < -0.4 is 0 Å². The quantitative estimate of drug-likeness (QED) is 0.852. The Kier molecular flexibility index (Phi) is 5.85. The summed E-state index contributed by atoms with van der Waals surface area (Å²) in [6.45, 7) is 9.70. The minimum Gasteiger partial charge on any atom is -0.415 e. The molecule has 0 aromatic carbocycles. The van der Waals surface area contributed by atoms with E-state index in [0.29, 0.717) is 5.76 Å². The third-order valence-electron chi connectivity index (χ3n) is 3.52. The van der Waals surface area contributed by atoms with Crippen molar-refractivity contribution in [3.63, 3.8) is 0 Å². The number of hydrogen-bond donors (Lipinski definition) is 1. The van der Waals surface area contributed by atoms with Crippen molar-refractivity contribution < 1.29 is 14.6 Å².